The van der Waals surface area contributed by atoms with Crippen molar-refractivity contribution in [2.75, 3.05) is 12.8 Å². The second-order valence-electron chi connectivity index (χ2n) is 4.57. The van der Waals surface area contributed by atoms with Gasteiger partial charge < -0.3 is 5.11 Å². The first-order valence-electron chi connectivity index (χ1n) is 5.90. The first kappa shape index (κ1) is 13.3. The zero-order valence-corrected chi connectivity index (χ0v) is 11.3. The van der Waals surface area contributed by atoms with Crippen LogP contribution in [0.15, 0.2) is 5.16 Å². The molecule has 1 aromatic rings. The van der Waals surface area contributed by atoms with Crippen LogP contribution in [0.25, 0.3) is 0 Å². The molecule has 0 aliphatic heterocycles. The van der Waals surface area contributed by atoms with E-state index in [2.05, 4.69) is 34.4 Å². The predicted octanol–water partition coefficient (Wildman–Crippen LogP) is 0.333. The fraction of sp³-hybridized carbons (Fsp3) is 0.800. The Morgan fingerprint density at radius 2 is 2.39 bits per heavy atom. The molecule has 0 aromatic carbocycles. The van der Waals surface area contributed by atoms with Crippen LogP contribution in [0.5, 0.6) is 0 Å². The SMILES string of the molecule is CC(Cn1nnnc1SCC(=O)O)N(C)C1CC1. The maximum atomic E-state index is 10.5. The third-order valence-electron chi connectivity index (χ3n) is 3.08. The van der Waals surface area contributed by atoms with Crippen molar-refractivity contribution in [1.82, 2.24) is 25.1 Å². The van der Waals surface area contributed by atoms with Gasteiger partial charge in [0.15, 0.2) is 0 Å². The molecule has 1 aromatic heterocycles. The topological polar surface area (TPSA) is 84.1 Å². The number of carboxylic acid groups (broad SMARTS) is 1. The van der Waals surface area contributed by atoms with Gasteiger partial charge in [-0.1, -0.05) is 11.8 Å². The van der Waals surface area contributed by atoms with E-state index < -0.39 is 5.97 Å². The summed E-state index contributed by atoms with van der Waals surface area (Å²) in [6.45, 7) is 2.81. The number of likely N-dealkylation sites (N-methyl/N-ethyl adjacent to an activating group) is 1. The van der Waals surface area contributed by atoms with E-state index in [1.54, 1.807) is 4.68 Å². The molecule has 1 unspecified atom stereocenters. The third kappa shape index (κ3) is 3.42. The molecule has 1 N–H and O–H groups in total. The molecular formula is C10H17N5O2S. The van der Waals surface area contributed by atoms with Gasteiger partial charge in [0.25, 0.3) is 0 Å². The Bertz CT molecular complexity index is 420. The van der Waals surface area contributed by atoms with Gasteiger partial charge in [0.1, 0.15) is 0 Å². The van der Waals surface area contributed by atoms with Gasteiger partial charge in [-0.3, -0.25) is 9.69 Å². The first-order valence-corrected chi connectivity index (χ1v) is 6.89. The van der Waals surface area contributed by atoms with Crippen LogP contribution in [-0.2, 0) is 11.3 Å². The van der Waals surface area contributed by atoms with E-state index in [9.17, 15) is 4.79 Å². The summed E-state index contributed by atoms with van der Waals surface area (Å²) in [5, 5.41) is 20.6. The standard InChI is InChI=1S/C10H17N5O2S/c1-7(14(2)8-3-4-8)5-15-10(11-12-13-15)18-6-9(16)17/h7-8H,3-6H2,1-2H3,(H,16,17). The Kier molecular flexibility index (Phi) is 4.18. The molecule has 0 amide bonds. The fourth-order valence-electron chi connectivity index (χ4n) is 1.76. The number of hydrogen-bond donors (Lipinski definition) is 1. The van der Waals surface area contributed by atoms with Crippen molar-refractivity contribution in [3.05, 3.63) is 0 Å². The van der Waals surface area contributed by atoms with Crippen LogP contribution in [0.3, 0.4) is 0 Å². The molecule has 1 atom stereocenters. The first-order chi connectivity index (χ1) is 8.58. The lowest BCUT2D eigenvalue weighted by molar-refractivity contribution is -0.133. The minimum Gasteiger partial charge on any atom is -0.481 e. The highest BCUT2D eigenvalue weighted by Gasteiger charge is 2.29. The number of rotatable bonds is 7. The molecule has 1 aliphatic rings. The Balaban J connectivity index is 1.91. The van der Waals surface area contributed by atoms with Gasteiger partial charge in [0.05, 0.1) is 12.3 Å². The van der Waals surface area contributed by atoms with Crippen molar-refractivity contribution in [1.29, 1.82) is 0 Å². The van der Waals surface area contributed by atoms with Crippen molar-refractivity contribution in [2.24, 2.45) is 0 Å². The molecule has 1 fully saturated rings. The van der Waals surface area contributed by atoms with E-state index in [-0.39, 0.29) is 5.75 Å². The van der Waals surface area contributed by atoms with Crippen molar-refractivity contribution in [3.8, 4) is 0 Å². The second kappa shape index (κ2) is 5.66. The van der Waals surface area contributed by atoms with Gasteiger partial charge in [0, 0.05) is 12.1 Å². The summed E-state index contributed by atoms with van der Waals surface area (Å²) in [5.41, 5.74) is 0. The molecule has 0 radical (unpaired) electrons. The van der Waals surface area contributed by atoms with E-state index in [0.717, 1.165) is 11.8 Å². The molecular weight excluding hydrogens is 254 g/mol. The Morgan fingerprint density at radius 1 is 1.67 bits per heavy atom. The highest BCUT2D eigenvalue weighted by atomic mass is 32.2. The van der Waals surface area contributed by atoms with Crippen LogP contribution in [0.2, 0.25) is 0 Å². The molecule has 1 aliphatic carbocycles. The van der Waals surface area contributed by atoms with E-state index in [4.69, 9.17) is 5.11 Å². The van der Waals surface area contributed by atoms with Gasteiger partial charge in [-0.05, 0) is 37.2 Å². The van der Waals surface area contributed by atoms with Gasteiger partial charge in [0.2, 0.25) is 5.16 Å². The lowest BCUT2D eigenvalue weighted by Crippen LogP contribution is -2.35. The monoisotopic (exact) mass is 271 g/mol. The molecule has 18 heavy (non-hydrogen) atoms. The smallest absolute Gasteiger partial charge is 0.313 e. The van der Waals surface area contributed by atoms with Gasteiger partial charge in [-0.15, -0.1) is 5.10 Å². The highest BCUT2D eigenvalue weighted by molar-refractivity contribution is 7.99. The summed E-state index contributed by atoms with van der Waals surface area (Å²) < 4.78 is 1.68. The normalized spacial score (nSPS) is 17.1. The zero-order chi connectivity index (χ0) is 13.1. The summed E-state index contributed by atoms with van der Waals surface area (Å²) >= 11 is 1.15. The van der Waals surface area contributed by atoms with Gasteiger partial charge >= 0.3 is 5.97 Å². The summed E-state index contributed by atoms with van der Waals surface area (Å²) in [6.07, 6.45) is 2.52. The number of thioether (sulfide) groups is 1. The van der Waals surface area contributed by atoms with Crippen LogP contribution in [0.1, 0.15) is 19.8 Å². The van der Waals surface area contributed by atoms with Crippen LogP contribution in [0.4, 0.5) is 0 Å². The number of aromatic nitrogens is 4. The van der Waals surface area contributed by atoms with Gasteiger partial charge in [-0.25, -0.2) is 4.68 Å². The Morgan fingerprint density at radius 3 is 3.00 bits per heavy atom. The summed E-state index contributed by atoms with van der Waals surface area (Å²) in [6, 6.07) is 1.02. The lowest BCUT2D eigenvalue weighted by atomic mass is 10.3. The maximum Gasteiger partial charge on any atom is 0.313 e. The van der Waals surface area contributed by atoms with Crippen molar-refractivity contribution in [2.45, 2.75) is 43.6 Å². The molecule has 7 nitrogen and oxygen atoms in total. The molecule has 1 saturated carbocycles. The average Bonchev–Trinajstić information content (AvgIpc) is 3.08. The second-order valence-corrected chi connectivity index (χ2v) is 5.51. The molecule has 0 saturated heterocycles. The van der Waals surface area contributed by atoms with E-state index in [0.29, 0.717) is 23.8 Å². The largest absolute Gasteiger partial charge is 0.481 e. The quantitative estimate of drug-likeness (QED) is 0.715. The minimum atomic E-state index is -0.863. The number of tetrazole rings is 1. The van der Waals surface area contributed by atoms with Gasteiger partial charge in [-0.2, -0.15) is 0 Å². The molecule has 8 heteroatoms. The maximum absolute atomic E-state index is 10.5. The summed E-state index contributed by atoms with van der Waals surface area (Å²) in [4.78, 5) is 12.9. The highest BCUT2D eigenvalue weighted by Crippen LogP contribution is 2.27. The zero-order valence-electron chi connectivity index (χ0n) is 10.5. The van der Waals surface area contributed by atoms with Crippen molar-refractivity contribution >= 4 is 17.7 Å². The molecule has 0 bridgehead atoms. The van der Waals surface area contributed by atoms with Crippen molar-refractivity contribution < 1.29 is 9.90 Å². The Hall–Kier alpha value is -1.15. The predicted molar refractivity (Wildman–Crippen MR) is 66.4 cm³/mol. The van der Waals surface area contributed by atoms with Crippen LogP contribution >= 0.6 is 11.8 Å². The number of carboxylic acids is 1. The third-order valence-corrected chi connectivity index (χ3v) is 4.02. The molecule has 100 valence electrons. The summed E-state index contributed by atoms with van der Waals surface area (Å²) in [5.74, 6) is -0.884. The molecule has 1 heterocycles. The van der Waals surface area contributed by atoms with E-state index >= 15 is 0 Å². The molecule has 2 rings (SSSR count). The number of carbonyl (C=O) groups is 1. The van der Waals surface area contributed by atoms with E-state index in [1.807, 2.05) is 0 Å². The van der Waals surface area contributed by atoms with Crippen LogP contribution < -0.4 is 0 Å². The molecule has 0 spiro atoms. The van der Waals surface area contributed by atoms with Crippen molar-refractivity contribution in [3.63, 3.8) is 0 Å². The summed E-state index contributed by atoms with van der Waals surface area (Å²) in [7, 11) is 2.11. The average molecular weight is 271 g/mol. The Labute approximate surface area is 110 Å². The minimum absolute atomic E-state index is 0.0206. The number of nitrogens with zero attached hydrogens (tertiary/aromatic N) is 5. The lowest BCUT2D eigenvalue weighted by Gasteiger charge is -2.24. The number of hydrogen-bond acceptors (Lipinski definition) is 6. The van der Waals surface area contributed by atoms with Crippen LogP contribution in [0, 0.1) is 0 Å². The fourth-order valence-corrected chi connectivity index (χ4v) is 2.37. The number of aliphatic carboxylic acids is 1. The van der Waals surface area contributed by atoms with E-state index in [1.165, 1.54) is 12.8 Å². The van der Waals surface area contributed by atoms with Crippen LogP contribution in [-0.4, -0.2) is 61.1 Å².